The minimum atomic E-state index is -1.38. The molecule has 84 valence electrons. The lowest BCUT2D eigenvalue weighted by Crippen LogP contribution is -2.32. The van der Waals surface area contributed by atoms with Crippen LogP contribution in [0.15, 0.2) is 21.2 Å². The maximum absolute atomic E-state index is 13.0. The third-order valence-electron chi connectivity index (χ3n) is 1.89. The maximum Gasteiger partial charge on any atom is 0.331 e. The Balaban J connectivity index is 2.53. The van der Waals surface area contributed by atoms with Crippen LogP contribution in [-0.4, -0.2) is 19.6 Å². The first-order valence-corrected chi connectivity index (χ1v) is 5.07. The molecule has 0 radical (unpaired) electrons. The van der Waals surface area contributed by atoms with Gasteiger partial charge in [-0.25, -0.2) is 9.78 Å². The topological polar surface area (TPSA) is 88.0 Å². The number of hydrogen-bond acceptors (Lipinski definition) is 5. The van der Waals surface area contributed by atoms with Crippen molar-refractivity contribution in [2.45, 2.75) is 6.54 Å². The molecule has 0 unspecified atom stereocenters. The molecule has 0 aromatic carbocycles. The summed E-state index contributed by atoms with van der Waals surface area (Å²) in [5.41, 5.74) is -2.11. The van der Waals surface area contributed by atoms with Gasteiger partial charge in [-0.05, 0) is 0 Å². The van der Waals surface area contributed by atoms with E-state index in [9.17, 15) is 19.1 Å². The molecule has 0 saturated carbocycles. The predicted molar refractivity (Wildman–Crippen MR) is 54.2 cm³/mol. The van der Waals surface area contributed by atoms with E-state index in [1.165, 1.54) is 17.5 Å². The molecule has 0 saturated heterocycles. The van der Waals surface area contributed by atoms with Crippen molar-refractivity contribution in [3.05, 3.63) is 43.2 Å². The monoisotopic (exact) mass is 243 g/mol. The summed E-state index contributed by atoms with van der Waals surface area (Å²) in [4.78, 5) is 27.7. The normalized spacial score (nSPS) is 10.6. The van der Waals surface area contributed by atoms with Crippen LogP contribution in [-0.2, 0) is 6.54 Å². The van der Waals surface area contributed by atoms with Gasteiger partial charge < -0.3 is 5.11 Å². The lowest BCUT2D eigenvalue weighted by Gasteiger charge is -2.05. The van der Waals surface area contributed by atoms with E-state index in [1.807, 2.05) is 0 Å². The molecule has 2 rings (SSSR count). The Morgan fingerprint density at radius 1 is 1.56 bits per heavy atom. The van der Waals surface area contributed by atoms with Gasteiger partial charge in [0, 0.05) is 11.6 Å². The quantitative estimate of drug-likeness (QED) is 0.770. The molecule has 2 heterocycles. The lowest BCUT2D eigenvalue weighted by molar-refractivity contribution is 0.367. The van der Waals surface area contributed by atoms with Crippen molar-refractivity contribution in [1.82, 2.24) is 14.5 Å². The van der Waals surface area contributed by atoms with Gasteiger partial charge in [0.1, 0.15) is 5.01 Å². The van der Waals surface area contributed by atoms with Crippen LogP contribution in [0, 0.1) is 5.82 Å². The van der Waals surface area contributed by atoms with Crippen LogP contribution in [0.3, 0.4) is 0 Å². The number of H-pyrrole nitrogens is 1. The van der Waals surface area contributed by atoms with Gasteiger partial charge in [-0.2, -0.15) is 4.39 Å². The fraction of sp³-hybridized carbons (Fsp3) is 0.125. The Labute approximate surface area is 91.6 Å². The van der Waals surface area contributed by atoms with E-state index < -0.39 is 22.9 Å². The highest BCUT2D eigenvalue weighted by Gasteiger charge is 2.14. The molecule has 0 aliphatic carbocycles. The first kappa shape index (κ1) is 10.6. The molecule has 8 heteroatoms. The number of aromatic nitrogens is 3. The van der Waals surface area contributed by atoms with Crippen molar-refractivity contribution in [3.8, 4) is 5.88 Å². The number of thiazole rings is 1. The van der Waals surface area contributed by atoms with Crippen molar-refractivity contribution in [2.75, 3.05) is 0 Å². The Bertz CT molecular complexity index is 616. The molecule has 2 N–H and O–H groups in total. The number of nitrogens with one attached hydrogen (secondary N) is 1. The largest absolute Gasteiger partial charge is 0.492 e. The van der Waals surface area contributed by atoms with Crippen LogP contribution < -0.4 is 11.2 Å². The second-order valence-electron chi connectivity index (χ2n) is 2.91. The summed E-state index contributed by atoms with van der Waals surface area (Å²) in [5, 5.41) is 11.5. The van der Waals surface area contributed by atoms with E-state index in [0.717, 1.165) is 0 Å². The molecule has 0 fully saturated rings. The van der Waals surface area contributed by atoms with Crippen LogP contribution in [0.5, 0.6) is 5.88 Å². The van der Waals surface area contributed by atoms with Gasteiger partial charge in [0.2, 0.25) is 11.7 Å². The second-order valence-corrected chi connectivity index (χ2v) is 3.89. The summed E-state index contributed by atoms with van der Waals surface area (Å²) in [6.07, 6.45) is 1.52. The molecular formula is C8H6FN3O3S. The Morgan fingerprint density at radius 2 is 2.31 bits per heavy atom. The van der Waals surface area contributed by atoms with Crippen LogP contribution in [0.4, 0.5) is 4.39 Å². The maximum atomic E-state index is 13.0. The minimum absolute atomic E-state index is 0.0873. The molecule has 2 aromatic rings. The van der Waals surface area contributed by atoms with Crippen LogP contribution >= 0.6 is 11.3 Å². The highest BCUT2D eigenvalue weighted by atomic mass is 32.1. The van der Waals surface area contributed by atoms with Crippen molar-refractivity contribution in [3.63, 3.8) is 0 Å². The first-order chi connectivity index (χ1) is 7.59. The first-order valence-electron chi connectivity index (χ1n) is 4.19. The highest BCUT2D eigenvalue weighted by molar-refractivity contribution is 7.09. The second kappa shape index (κ2) is 3.89. The van der Waals surface area contributed by atoms with Crippen molar-refractivity contribution in [1.29, 1.82) is 0 Å². The number of hydrogen-bond donors (Lipinski definition) is 2. The molecular weight excluding hydrogens is 237 g/mol. The van der Waals surface area contributed by atoms with E-state index in [4.69, 9.17) is 0 Å². The van der Waals surface area contributed by atoms with Gasteiger partial charge in [0.05, 0.1) is 6.54 Å². The third kappa shape index (κ3) is 1.74. The average Bonchev–Trinajstić information content (AvgIpc) is 2.74. The molecule has 0 bridgehead atoms. The SMILES string of the molecule is O=c1[nH]c(=O)n(Cc2nccs2)c(O)c1F. The van der Waals surface area contributed by atoms with E-state index in [1.54, 1.807) is 10.4 Å². The predicted octanol–water partition coefficient (Wildman–Crippen LogP) is -0.114. The van der Waals surface area contributed by atoms with Crippen molar-refractivity contribution >= 4 is 11.3 Å². The fourth-order valence-corrected chi connectivity index (χ4v) is 1.75. The zero-order valence-electron chi connectivity index (χ0n) is 7.81. The Kier molecular flexibility index (Phi) is 2.57. The zero-order valence-corrected chi connectivity index (χ0v) is 8.62. The van der Waals surface area contributed by atoms with Gasteiger partial charge in [0.15, 0.2) is 0 Å². The number of aromatic amines is 1. The number of nitrogens with zero attached hydrogens (tertiary/aromatic N) is 2. The fourth-order valence-electron chi connectivity index (χ4n) is 1.15. The van der Waals surface area contributed by atoms with Gasteiger partial charge in [0.25, 0.3) is 5.56 Å². The summed E-state index contributed by atoms with van der Waals surface area (Å²) in [5.74, 6) is -2.36. The molecule has 0 spiro atoms. The number of halogens is 1. The van der Waals surface area contributed by atoms with Gasteiger partial charge >= 0.3 is 5.69 Å². The Hall–Kier alpha value is -1.96. The van der Waals surface area contributed by atoms with Crippen LogP contribution in [0.25, 0.3) is 0 Å². The summed E-state index contributed by atoms with van der Waals surface area (Å²) in [6, 6.07) is 0. The average molecular weight is 243 g/mol. The van der Waals surface area contributed by atoms with E-state index in [-0.39, 0.29) is 6.54 Å². The van der Waals surface area contributed by atoms with Gasteiger partial charge in [-0.1, -0.05) is 0 Å². The molecule has 0 atom stereocenters. The van der Waals surface area contributed by atoms with Gasteiger partial charge in [-0.3, -0.25) is 14.3 Å². The molecule has 16 heavy (non-hydrogen) atoms. The third-order valence-corrected chi connectivity index (χ3v) is 2.66. The molecule has 0 aliphatic rings. The van der Waals surface area contributed by atoms with Crippen LogP contribution in [0.2, 0.25) is 0 Å². The summed E-state index contributed by atoms with van der Waals surface area (Å²) < 4.78 is 13.7. The van der Waals surface area contributed by atoms with Crippen molar-refractivity contribution in [2.24, 2.45) is 0 Å². The van der Waals surface area contributed by atoms with Gasteiger partial charge in [-0.15, -0.1) is 11.3 Å². The highest BCUT2D eigenvalue weighted by Crippen LogP contribution is 2.11. The molecule has 0 aliphatic heterocycles. The summed E-state index contributed by atoms with van der Waals surface area (Å²) in [7, 11) is 0. The van der Waals surface area contributed by atoms with E-state index >= 15 is 0 Å². The minimum Gasteiger partial charge on any atom is -0.492 e. The number of aromatic hydroxyl groups is 1. The van der Waals surface area contributed by atoms with Crippen LogP contribution in [0.1, 0.15) is 5.01 Å². The molecule has 0 amide bonds. The smallest absolute Gasteiger partial charge is 0.331 e. The summed E-state index contributed by atoms with van der Waals surface area (Å²) >= 11 is 1.25. The molecule has 6 nitrogen and oxygen atoms in total. The van der Waals surface area contributed by atoms with Crippen molar-refractivity contribution < 1.29 is 9.50 Å². The summed E-state index contributed by atoms with van der Waals surface area (Å²) in [6.45, 7) is -0.0873. The zero-order chi connectivity index (χ0) is 11.7. The lowest BCUT2D eigenvalue weighted by atomic mass is 10.5. The van der Waals surface area contributed by atoms with E-state index in [2.05, 4.69) is 4.98 Å². The Morgan fingerprint density at radius 3 is 2.94 bits per heavy atom. The number of rotatable bonds is 2. The molecule has 2 aromatic heterocycles. The van der Waals surface area contributed by atoms with E-state index in [0.29, 0.717) is 9.57 Å². The standard InChI is InChI=1S/C8H6FN3O3S/c9-5-6(13)11-8(15)12(7(5)14)3-4-10-1-2-16-4/h1-2,14H,3H2,(H,11,13,15).